The maximum Gasteiger partial charge on any atom is 0.131 e. The number of hydrogen-bond donors (Lipinski definition) is 1. The van der Waals surface area contributed by atoms with Crippen molar-refractivity contribution in [2.45, 2.75) is 26.3 Å². The van der Waals surface area contributed by atoms with Crippen LogP contribution < -0.4 is 5.32 Å². The molecule has 2 aromatic rings. The van der Waals surface area contributed by atoms with Crippen LogP contribution in [0.2, 0.25) is 0 Å². The van der Waals surface area contributed by atoms with E-state index in [0.29, 0.717) is 0 Å². The van der Waals surface area contributed by atoms with Gasteiger partial charge in [-0.2, -0.15) is 0 Å². The summed E-state index contributed by atoms with van der Waals surface area (Å²) in [7, 11) is 0. The van der Waals surface area contributed by atoms with Crippen LogP contribution >= 0.6 is 15.9 Å². The second-order valence-electron chi connectivity index (χ2n) is 4.12. The van der Waals surface area contributed by atoms with Crippen LogP contribution in [-0.4, -0.2) is 9.97 Å². The van der Waals surface area contributed by atoms with E-state index in [1.54, 1.807) is 0 Å². The third-order valence-electron chi connectivity index (χ3n) is 2.72. The van der Waals surface area contributed by atoms with Crippen LogP contribution in [0.3, 0.4) is 0 Å². The summed E-state index contributed by atoms with van der Waals surface area (Å²) >= 11 is 3.41. The molecule has 1 atom stereocenters. The summed E-state index contributed by atoms with van der Waals surface area (Å²) in [6, 6.07) is 12.4. The lowest BCUT2D eigenvalue weighted by Crippen LogP contribution is -2.09. The van der Waals surface area contributed by atoms with E-state index in [2.05, 4.69) is 50.3 Å². The topological polar surface area (TPSA) is 37.8 Å². The van der Waals surface area contributed by atoms with Crippen molar-refractivity contribution in [1.29, 1.82) is 0 Å². The van der Waals surface area contributed by atoms with Crippen LogP contribution in [0.1, 0.15) is 31.3 Å². The van der Waals surface area contributed by atoms with E-state index >= 15 is 0 Å². The molecule has 2 rings (SSSR count). The minimum Gasteiger partial charge on any atom is -0.363 e. The fourth-order valence-corrected chi connectivity index (χ4v) is 2.17. The molecule has 0 radical (unpaired) electrons. The fraction of sp³-hybridized carbons (Fsp3) is 0.286. The van der Waals surface area contributed by atoms with E-state index in [1.165, 1.54) is 5.56 Å². The number of halogens is 1. The number of benzene rings is 1. The maximum atomic E-state index is 4.47. The lowest BCUT2D eigenvalue weighted by atomic mass is 10.1. The molecule has 0 bridgehead atoms. The fourth-order valence-electron chi connectivity index (χ4n) is 1.74. The molecular weight excluding hydrogens is 290 g/mol. The van der Waals surface area contributed by atoms with Crippen LogP contribution in [0.5, 0.6) is 0 Å². The predicted octanol–water partition coefficient (Wildman–Crippen LogP) is 3.97. The van der Waals surface area contributed by atoms with Crippen LogP contribution in [0, 0.1) is 0 Å². The van der Waals surface area contributed by atoms with Crippen LogP contribution in [-0.2, 0) is 6.42 Å². The summed E-state index contributed by atoms with van der Waals surface area (Å²) in [6.45, 7) is 4.17. The van der Waals surface area contributed by atoms with Gasteiger partial charge in [-0.05, 0) is 28.4 Å². The number of aryl methyl sites for hydroxylation is 1. The zero-order chi connectivity index (χ0) is 13.0. The highest BCUT2D eigenvalue weighted by Crippen LogP contribution is 2.19. The lowest BCUT2D eigenvalue weighted by Gasteiger charge is -2.15. The Morgan fingerprint density at radius 3 is 2.61 bits per heavy atom. The molecule has 0 spiro atoms. The van der Waals surface area contributed by atoms with Gasteiger partial charge in [-0.3, -0.25) is 0 Å². The zero-order valence-electron chi connectivity index (χ0n) is 10.5. The molecule has 94 valence electrons. The smallest absolute Gasteiger partial charge is 0.131 e. The molecule has 0 saturated heterocycles. The molecule has 4 heteroatoms. The molecule has 0 aliphatic carbocycles. The van der Waals surface area contributed by atoms with Gasteiger partial charge in [-0.25, -0.2) is 9.97 Å². The minimum atomic E-state index is 0.220. The van der Waals surface area contributed by atoms with E-state index in [9.17, 15) is 0 Å². The van der Waals surface area contributed by atoms with Crippen molar-refractivity contribution in [2.75, 3.05) is 5.32 Å². The zero-order valence-corrected chi connectivity index (χ0v) is 12.1. The Morgan fingerprint density at radius 2 is 1.94 bits per heavy atom. The van der Waals surface area contributed by atoms with E-state index in [0.717, 1.165) is 22.7 Å². The van der Waals surface area contributed by atoms with Gasteiger partial charge in [0.15, 0.2) is 0 Å². The van der Waals surface area contributed by atoms with E-state index in [-0.39, 0.29) is 6.04 Å². The third-order valence-corrected chi connectivity index (χ3v) is 3.13. The normalized spacial score (nSPS) is 12.2. The van der Waals surface area contributed by atoms with Gasteiger partial charge in [-0.1, -0.05) is 37.3 Å². The van der Waals surface area contributed by atoms with Crippen LogP contribution in [0.15, 0.2) is 41.0 Å². The van der Waals surface area contributed by atoms with E-state index in [1.807, 2.05) is 31.2 Å². The Kier molecular flexibility index (Phi) is 4.31. The van der Waals surface area contributed by atoms with Gasteiger partial charge in [0.2, 0.25) is 0 Å². The van der Waals surface area contributed by atoms with Crippen molar-refractivity contribution in [3.05, 3.63) is 52.4 Å². The highest BCUT2D eigenvalue weighted by Gasteiger charge is 2.07. The minimum absolute atomic E-state index is 0.220. The van der Waals surface area contributed by atoms with Crippen LogP contribution in [0.25, 0.3) is 0 Å². The summed E-state index contributed by atoms with van der Waals surface area (Å²) in [6.07, 6.45) is 0.827. The Bertz CT molecular complexity index is 514. The standard InChI is InChI=1S/C14H16BrN3/c1-3-13-17-12(15)9-14(18-13)16-10(2)11-7-5-4-6-8-11/h4-10H,3H2,1-2H3,(H,16,17,18). The molecule has 0 aliphatic heterocycles. The van der Waals surface area contributed by atoms with Gasteiger partial charge < -0.3 is 5.32 Å². The average molecular weight is 306 g/mol. The molecule has 3 nitrogen and oxygen atoms in total. The number of anilines is 1. The van der Waals surface area contributed by atoms with Gasteiger partial charge >= 0.3 is 0 Å². The van der Waals surface area contributed by atoms with Crippen LogP contribution in [0.4, 0.5) is 5.82 Å². The number of hydrogen-bond acceptors (Lipinski definition) is 3. The first-order valence-corrected chi connectivity index (χ1v) is 6.83. The Balaban J connectivity index is 2.16. The summed E-state index contributed by atoms with van der Waals surface area (Å²) in [5.74, 6) is 1.69. The molecule has 1 N–H and O–H groups in total. The molecule has 1 aromatic heterocycles. The second kappa shape index (κ2) is 5.96. The van der Waals surface area contributed by atoms with Gasteiger partial charge in [0.05, 0.1) is 0 Å². The van der Waals surface area contributed by atoms with Gasteiger partial charge in [0, 0.05) is 18.5 Å². The summed E-state index contributed by atoms with van der Waals surface area (Å²) in [5, 5.41) is 3.39. The number of rotatable bonds is 4. The van der Waals surface area contributed by atoms with Crippen molar-refractivity contribution >= 4 is 21.7 Å². The SMILES string of the molecule is CCc1nc(Br)cc(NC(C)c2ccccc2)n1. The Hall–Kier alpha value is -1.42. The van der Waals surface area contributed by atoms with Crippen molar-refractivity contribution in [3.63, 3.8) is 0 Å². The predicted molar refractivity (Wildman–Crippen MR) is 77.6 cm³/mol. The van der Waals surface area contributed by atoms with Crippen molar-refractivity contribution < 1.29 is 0 Å². The first-order valence-electron chi connectivity index (χ1n) is 6.04. The van der Waals surface area contributed by atoms with Crippen molar-refractivity contribution in [2.24, 2.45) is 0 Å². The Morgan fingerprint density at radius 1 is 1.22 bits per heavy atom. The molecule has 0 amide bonds. The van der Waals surface area contributed by atoms with Gasteiger partial charge in [0.1, 0.15) is 16.2 Å². The molecule has 0 aliphatic rings. The lowest BCUT2D eigenvalue weighted by molar-refractivity contribution is 0.853. The largest absolute Gasteiger partial charge is 0.363 e. The van der Waals surface area contributed by atoms with Gasteiger partial charge in [-0.15, -0.1) is 0 Å². The first-order chi connectivity index (χ1) is 8.69. The number of aromatic nitrogens is 2. The van der Waals surface area contributed by atoms with E-state index < -0.39 is 0 Å². The number of nitrogens with one attached hydrogen (secondary N) is 1. The summed E-state index contributed by atoms with van der Waals surface area (Å²) in [4.78, 5) is 8.76. The summed E-state index contributed by atoms with van der Waals surface area (Å²) in [5.41, 5.74) is 1.24. The van der Waals surface area contributed by atoms with Crippen molar-refractivity contribution in [1.82, 2.24) is 9.97 Å². The molecule has 1 aromatic carbocycles. The second-order valence-corrected chi connectivity index (χ2v) is 4.93. The molecule has 1 unspecified atom stereocenters. The first kappa shape index (κ1) is 13.0. The molecular formula is C14H16BrN3. The quantitative estimate of drug-likeness (QED) is 0.868. The van der Waals surface area contributed by atoms with E-state index in [4.69, 9.17) is 0 Å². The average Bonchev–Trinajstić information content (AvgIpc) is 2.39. The molecule has 18 heavy (non-hydrogen) atoms. The molecule has 0 saturated carbocycles. The Labute approximate surface area is 116 Å². The third kappa shape index (κ3) is 3.29. The molecule has 1 heterocycles. The monoisotopic (exact) mass is 305 g/mol. The summed E-state index contributed by atoms with van der Waals surface area (Å²) < 4.78 is 0.817. The maximum absolute atomic E-state index is 4.47. The van der Waals surface area contributed by atoms with Gasteiger partial charge in [0.25, 0.3) is 0 Å². The van der Waals surface area contributed by atoms with Crippen molar-refractivity contribution in [3.8, 4) is 0 Å². The molecule has 0 fully saturated rings. The number of nitrogens with zero attached hydrogens (tertiary/aromatic N) is 2. The highest BCUT2D eigenvalue weighted by atomic mass is 79.9. The highest BCUT2D eigenvalue weighted by molar-refractivity contribution is 9.10.